The van der Waals surface area contributed by atoms with Crippen LogP contribution in [0.1, 0.15) is 5.56 Å². The van der Waals surface area contributed by atoms with Gasteiger partial charge in [0.1, 0.15) is 0 Å². The molecule has 1 aromatic rings. The van der Waals surface area contributed by atoms with Crippen molar-refractivity contribution in [3.8, 4) is 11.5 Å². The zero-order chi connectivity index (χ0) is 12.3. The summed E-state index contributed by atoms with van der Waals surface area (Å²) in [7, 11) is 0. The van der Waals surface area contributed by atoms with E-state index in [-0.39, 0.29) is 18.7 Å². The predicted molar refractivity (Wildman–Crippen MR) is 63.7 cm³/mol. The highest BCUT2D eigenvalue weighted by molar-refractivity contribution is 5.92. The Morgan fingerprint density at radius 2 is 1.94 bits per heavy atom. The van der Waals surface area contributed by atoms with Gasteiger partial charge in [-0.25, -0.2) is 4.99 Å². The van der Waals surface area contributed by atoms with Crippen LogP contribution in [0.3, 0.4) is 0 Å². The lowest BCUT2D eigenvalue weighted by Crippen LogP contribution is -2.26. The molecule has 2 rings (SSSR count). The second-order valence-corrected chi connectivity index (χ2v) is 3.40. The number of hydrogen-bond donors (Lipinski definition) is 3. The van der Waals surface area contributed by atoms with E-state index >= 15 is 0 Å². The van der Waals surface area contributed by atoms with Crippen molar-refractivity contribution in [3.63, 3.8) is 0 Å². The van der Waals surface area contributed by atoms with Crippen LogP contribution in [0.15, 0.2) is 28.2 Å². The Morgan fingerprint density at radius 1 is 1.18 bits per heavy atom. The summed E-state index contributed by atoms with van der Waals surface area (Å²) in [4.78, 5) is 7.62. The van der Waals surface area contributed by atoms with Crippen molar-refractivity contribution < 1.29 is 9.47 Å². The van der Waals surface area contributed by atoms with Crippen molar-refractivity contribution in [2.45, 2.75) is 6.54 Å². The average Bonchev–Trinajstić information content (AvgIpc) is 2.72. The van der Waals surface area contributed by atoms with Gasteiger partial charge in [0.2, 0.25) is 12.8 Å². The monoisotopic (exact) mass is 235 g/mol. The number of nitrogens with zero attached hydrogens (tertiary/aromatic N) is 2. The third-order valence-electron chi connectivity index (χ3n) is 2.10. The van der Waals surface area contributed by atoms with Crippen LogP contribution in [0.2, 0.25) is 0 Å². The molecule has 6 N–H and O–H groups in total. The van der Waals surface area contributed by atoms with E-state index in [0.717, 1.165) is 11.3 Å². The van der Waals surface area contributed by atoms with E-state index in [1.807, 2.05) is 18.2 Å². The highest BCUT2D eigenvalue weighted by Gasteiger charge is 2.12. The van der Waals surface area contributed by atoms with E-state index in [1.165, 1.54) is 0 Å². The molecule has 0 aromatic heterocycles. The van der Waals surface area contributed by atoms with Gasteiger partial charge in [0.25, 0.3) is 0 Å². The van der Waals surface area contributed by atoms with Crippen molar-refractivity contribution in [3.05, 3.63) is 23.8 Å². The fraction of sp³-hybridized carbons (Fsp3) is 0.200. The minimum Gasteiger partial charge on any atom is -0.454 e. The number of fused-ring (bicyclic) bond motifs is 1. The van der Waals surface area contributed by atoms with Gasteiger partial charge in [-0.2, -0.15) is 4.99 Å². The lowest BCUT2D eigenvalue weighted by molar-refractivity contribution is 0.174. The van der Waals surface area contributed by atoms with Gasteiger partial charge in [0.05, 0.1) is 6.54 Å². The zero-order valence-electron chi connectivity index (χ0n) is 9.09. The molecule has 7 nitrogen and oxygen atoms in total. The van der Waals surface area contributed by atoms with Gasteiger partial charge in [-0.1, -0.05) is 6.07 Å². The minimum atomic E-state index is -0.114. The van der Waals surface area contributed by atoms with Crippen molar-refractivity contribution in [1.29, 1.82) is 0 Å². The van der Waals surface area contributed by atoms with Crippen LogP contribution in [0.5, 0.6) is 11.5 Å². The molecule has 1 aliphatic rings. The molecule has 0 fully saturated rings. The standard InChI is InChI=1S/C10H13N5O2/c11-9(12)15-10(13)14-4-6-1-2-7-8(3-6)17-5-16-7/h1-3H,4-5H2,(H6,11,12,13,14,15). The Hall–Kier alpha value is -2.44. The van der Waals surface area contributed by atoms with Crippen molar-refractivity contribution in [2.24, 2.45) is 27.2 Å². The molecule has 1 aromatic carbocycles. The van der Waals surface area contributed by atoms with Crippen LogP contribution >= 0.6 is 0 Å². The summed E-state index contributed by atoms with van der Waals surface area (Å²) in [5.41, 5.74) is 16.7. The van der Waals surface area contributed by atoms with E-state index in [1.54, 1.807) is 0 Å². The molecule has 0 saturated carbocycles. The van der Waals surface area contributed by atoms with Gasteiger partial charge in [0.15, 0.2) is 17.5 Å². The number of hydrogen-bond acceptors (Lipinski definition) is 3. The molecule has 0 bridgehead atoms. The summed E-state index contributed by atoms with van der Waals surface area (Å²) >= 11 is 0. The minimum absolute atomic E-state index is 0.0441. The average molecular weight is 235 g/mol. The quantitative estimate of drug-likeness (QED) is 0.471. The lowest BCUT2D eigenvalue weighted by Gasteiger charge is -2.00. The Labute approximate surface area is 97.9 Å². The third kappa shape index (κ3) is 2.77. The van der Waals surface area contributed by atoms with Gasteiger partial charge in [-0.3, -0.25) is 0 Å². The predicted octanol–water partition coefficient (Wildman–Crippen LogP) is -0.497. The van der Waals surface area contributed by atoms with Crippen molar-refractivity contribution in [2.75, 3.05) is 6.79 Å². The summed E-state index contributed by atoms with van der Waals surface area (Å²) in [6, 6.07) is 5.54. The Bertz CT molecular complexity index is 480. The number of ether oxygens (including phenoxy) is 2. The van der Waals surface area contributed by atoms with Crippen molar-refractivity contribution >= 4 is 11.9 Å². The van der Waals surface area contributed by atoms with Crippen molar-refractivity contribution in [1.82, 2.24) is 0 Å². The van der Waals surface area contributed by atoms with Crippen LogP contribution < -0.4 is 26.7 Å². The summed E-state index contributed by atoms with van der Waals surface area (Å²) < 4.78 is 10.4. The second kappa shape index (κ2) is 4.60. The molecule has 0 atom stereocenters. The highest BCUT2D eigenvalue weighted by Crippen LogP contribution is 2.32. The Kier molecular flexibility index (Phi) is 2.99. The molecule has 1 heterocycles. The molecule has 0 aliphatic carbocycles. The van der Waals surface area contributed by atoms with Gasteiger partial charge in [-0.15, -0.1) is 0 Å². The van der Waals surface area contributed by atoms with Gasteiger partial charge < -0.3 is 26.7 Å². The first-order valence-electron chi connectivity index (χ1n) is 4.93. The number of nitrogens with two attached hydrogens (primary N) is 3. The first-order chi connectivity index (χ1) is 8.15. The number of aliphatic imine (C=N–C) groups is 2. The third-order valence-corrected chi connectivity index (χ3v) is 2.10. The molecule has 0 unspecified atom stereocenters. The van der Waals surface area contributed by atoms with E-state index in [9.17, 15) is 0 Å². The summed E-state index contributed by atoms with van der Waals surface area (Å²) in [5, 5.41) is 0. The summed E-state index contributed by atoms with van der Waals surface area (Å²) in [6.07, 6.45) is 0. The lowest BCUT2D eigenvalue weighted by atomic mass is 10.2. The smallest absolute Gasteiger partial charge is 0.231 e. The fourth-order valence-corrected chi connectivity index (χ4v) is 1.38. The molecule has 0 amide bonds. The van der Waals surface area contributed by atoms with Gasteiger partial charge >= 0.3 is 0 Å². The van der Waals surface area contributed by atoms with Crippen LogP contribution in [0, 0.1) is 0 Å². The molecule has 90 valence electrons. The second-order valence-electron chi connectivity index (χ2n) is 3.40. The summed E-state index contributed by atoms with van der Waals surface area (Å²) in [6.45, 7) is 0.622. The largest absolute Gasteiger partial charge is 0.454 e. The van der Waals surface area contributed by atoms with Gasteiger partial charge in [0, 0.05) is 0 Å². The maximum absolute atomic E-state index is 5.48. The molecule has 0 saturated heterocycles. The topological polar surface area (TPSA) is 121 Å². The molecule has 17 heavy (non-hydrogen) atoms. The first kappa shape index (κ1) is 11.1. The molecule has 0 spiro atoms. The number of rotatable bonds is 2. The van der Waals surface area contributed by atoms with E-state index in [2.05, 4.69) is 9.98 Å². The Balaban J connectivity index is 2.07. The molecule has 7 heteroatoms. The van der Waals surface area contributed by atoms with E-state index < -0.39 is 0 Å². The maximum atomic E-state index is 5.48. The SMILES string of the molecule is NC(N)=NC(N)=NCc1ccc2c(c1)OCO2. The summed E-state index contributed by atoms with van der Waals surface area (Å²) in [5.74, 6) is 1.37. The number of benzene rings is 1. The first-order valence-corrected chi connectivity index (χ1v) is 4.93. The van der Waals surface area contributed by atoms with E-state index in [0.29, 0.717) is 12.3 Å². The van der Waals surface area contributed by atoms with Crippen LogP contribution in [0.25, 0.3) is 0 Å². The van der Waals surface area contributed by atoms with Crippen LogP contribution in [-0.2, 0) is 6.54 Å². The molecule has 1 aliphatic heterocycles. The van der Waals surface area contributed by atoms with Crippen LogP contribution in [-0.4, -0.2) is 18.7 Å². The highest BCUT2D eigenvalue weighted by atomic mass is 16.7. The van der Waals surface area contributed by atoms with E-state index in [4.69, 9.17) is 26.7 Å². The van der Waals surface area contributed by atoms with Crippen LogP contribution in [0.4, 0.5) is 0 Å². The molecular weight excluding hydrogens is 222 g/mol. The normalized spacial score (nSPS) is 13.5. The number of guanidine groups is 2. The molecule has 0 radical (unpaired) electrons. The zero-order valence-corrected chi connectivity index (χ0v) is 9.09. The maximum Gasteiger partial charge on any atom is 0.231 e. The molecular formula is C10H13N5O2. The fourth-order valence-electron chi connectivity index (χ4n) is 1.38. The Morgan fingerprint density at radius 3 is 2.71 bits per heavy atom. The van der Waals surface area contributed by atoms with Gasteiger partial charge in [-0.05, 0) is 17.7 Å².